The van der Waals surface area contributed by atoms with Gasteiger partial charge in [-0.3, -0.25) is 29.4 Å². The molecule has 0 radical (unpaired) electrons. The van der Waals surface area contributed by atoms with Gasteiger partial charge in [-0.1, -0.05) is 0 Å². The molecule has 1 aliphatic heterocycles. The molecule has 0 spiro atoms. The first-order valence-corrected chi connectivity index (χ1v) is 11.9. The van der Waals surface area contributed by atoms with Gasteiger partial charge in [-0.15, -0.1) is 0 Å². The molecule has 0 saturated carbocycles. The zero-order valence-electron chi connectivity index (χ0n) is 19.0. The molecule has 0 bridgehead atoms. The topological polar surface area (TPSA) is 142 Å². The summed E-state index contributed by atoms with van der Waals surface area (Å²) in [6.07, 6.45) is 1.47. The van der Waals surface area contributed by atoms with Crippen LogP contribution < -0.4 is 9.47 Å². The molecule has 1 fully saturated rings. The maximum absolute atomic E-state index is 12.9. The van der Waals surface area contributed by atoms with E-state index < -0.39 is 34.4 Å². The number of nitrogens with zero attached hydrogens (tertiary/aromatic N) is 2. The highest BCUT2D eigenvalue weighted by molar-refractivity contribution is 9.10. The minimum Gasteiger partial charge on any atom is -0.490 e. The summed E-state index contributed by atoms with van der Waals surface area (Å²) in [5.41, 5.74) is 0.458. The van der Waals surface area contributed by atoms with Crippen LogP contribution in [0.1, 0.15) is 22.8 Å². The summed E-state index contributed by atoms with van der Waals surface area (Å²) in [7, 11) is 1.24. The highest BCUT2D eigenvalue weighted by atomic mass is 79.9. The molecule has 0 N–H and O–H groups in total. The molecule has 2 aromatic rings. The molecular weight excluding hydrogens is 560 g/mol. The number of thioether (sulfide) groups is 1. The number of hydrogen-bond donors (Lipinski definition) is 0. The molecule has 2 amide bonds. The summed E-state index contributed by atoms with van der Waals surface area (Å²) >= 11 is 4.03. The fourth-order valence-corrected chi connectivity index (χ4v) is 4.47. The second-order valence-corrected chi connectivity index (χ2v) is 8.97. The van der Waals surface area contributed by atoms with Gasteiger partial charge >= 0.3 is 5.97 Å². The van der Waals surface area contributed by atoms with E-state index in [0.717, 1.165) is 4.90 Å². The third-order valence-electron chi connectivity index (χ3n) is 4.77. The number of rotatable bonds is 10. The van der Waals surface area contributed by atoms with Crippen molar-refractivity contribution in [2.75, 3.05) is 26.9 Å². The summed E-state index contributed by atoms with van der Waals surface area (Å²) in [6.45, 7) is 1.22. The molecule has 36 heavy (non-hydrogen) atoms. The number of halogens is 1. The number of carbonyl (C=O) groups excluding carboxylic acids is 4. The molecule has 1 saturated heterocycles. The molecule has 11 nitrogen and oxygen atoms in total. The molecule has 3 rings (SSSR count). The predicted molar refractivity (Wildman–Crippen MR) is 133 cm³/mol. The van der Waals surface area contributed by atoms with Crippen LogP contribution in [0.3, 0.4) is 0 Å². The smallest absolute Gasteiger partial charge is 0.343 e. The van der Waals surface area contributed by atoms with Gasteiger partial charge in [-0.05, 0) is 70.5 Å². The van der Waals surface area contributed by atoms with Crippen LogP contribution in [0.15, 0.2) is 45.8 Å². The Bertz CT molecular complexity index is 1260. The van der Waals surface area contributed by atoms with E-state index in [1.807, 2.05) is 0 Å². The lowest BCUT2D eigenvalue weighted by molar-refractivity contribution is -0.384. The highest BCUT2D eigenvalue weighted by Gasteiger charge is 2.36. The Morgan fingerprint density at radius 1 is 1.17 bits per heavy atom. The Labute approximate surface area is 217 Å². The maximum atomic E-state index is 12.9. The third-order valence-corrected chi connectivity index (χ3v) is 6.26. The predicted octanol–water partition coefficient (Wildman–Crippen LogP) is 4.23. The van der Waals surface area contributed by atoms with Gasteiger partial charge < -0.3 is 14.2 Å². The summed E-state index contributed by atoms with van der Waals surface area (Å²) < 4.78 is 16.1. The Morgan fingerprint density at radius 3 is 2.47 bits per heavy atom. The lowest BCUT2D eigenvalue weighted by Gasteiger charge is -2.14. The van der Waals surface area contributed by atoms with E-state index in [1.54, 1.807) is 19.1 Å². The van der Waals surface area contributed by atoms with Crippen LogP contribution in [0, 0.1) is 10.1 Å². The average molecular weight is 579 g/mol. The number of amides is 2. The molecule has 1 heterocycles. The van der Waals surface area contributed by atoms with Gasteiger partial charge in [0.25, 0.3) is 16.8 Å². The zero-order chi connectivity index (χ0) is 26.4. The number of Topliss-reactive ketones (excluding diaryl/α,β-unsaturated/α-hetero) is 1. The number of nitro groups is 1. The number of methoxy groups -OCH3 is 1. The van der Waals surface area contributed by atoms with Gasteiger partial charge in [0.1, 0.15) is 0 Å². The fourth-order valence-electron chi connectivity index (χ4n) is 3.06. The minimum absolute atomic E-state index is 0.0917. The lowest BCUT2D eigenvalue weighted by atomic mass is 10.1. The van der Waals surface area contributed by atoms with Crippen LogP contribution in [0.2, 0.25) is 0 Å². The van der Waals surface area contributed by atoms with Crippen LogP contribution in [-0.2, 0) is 14.3 Å². The van der Waals surface area contributed by atoms with Crippen molar-refractivity contribution in [1.29, 1.82) is 0 Å². The third kappa shape index (κ3) is 6.29. The van der Waals surface area contributed by atoms with Gasteiger partial charge in [-0.2, -0.15) is 0 Å². The monoisotopic (exact) mass is 578 g/mol. The average Bonchev–Trinajstić information content (AvgIpc) is 3.10. The molecule has 0 unspecified atom stereocenters. The second-order valence-electron chi connectivity index (χ2n) is 7.12. The van der Waals surface area contributed by atoms with Crippen molar-refractivity contribution in [2.24, 2.45) is 0 Å². The van der Waals surface area contributed by atoms with Crippen molar-refractivity contribution in [2.45, 2.75) is 6.92 Å². The van der Waals surface area contributed by atoms with E-state index in [4.69, 9.17) is 9.47 Å². The Kier molecular flexibility index (Phi) is 8.83. The Balaban J connectivity index is 1.79. The van der Waals surface area contributed by atoms with Crippen molar-refractivity contribution in [3.8, 4) is 11.5 Å². The van der Waals surface area contributed by atoms with E-state index in [-0.39, 0.29) is 28.5 Å². The molecule has 13 heteroatoms. The van der Waals surface area contributed by atoms with Crippen LogP contribution in [0.4, 0.5) is 10.5 Å². The van der Waals surface area contributed by atoms with Gasteiger partial charge in [0.05, 0.1) is 34.6 Å². The molecule has 0 aliphatic carbocycles. The van der Waals surface area contributed by atoms with Crippen molar-refractivity contribution in [3.05, 3.63) is 67.0 Å². The van der Waals surface area contributed by atoms with Gasteiger partial charge in [0, 0.05) is 17.7 Å². The maximum Gasteiger partial charge on any atom is 0.343 e. The highest BCUT2D eigenvalue weighted by Crippen LogP contribution is 2.39. The number of hydrogen-bond acceptors (Lipinski definition) is 10. The number of imide groups is 1. The van der Waals surface area contributed by atoms with E-state index in [1.165, 1.54) is 37.5 Å². The summed E-state index contributed by atoms with van der Waals surface area (Å²) in [6, 6.07) is 8.08. The van der Waals surface area contributed by atoms with Crippen LogP contribution >= 0.6 is 27.7 Å². The van der Waals surface area contributed by atoms with Gasteiger partial charge in [0.2, 0.25) is 0 Å². The molecule has 0 atom stereocenters. The standard InChI is InChI=1S/C23H19BrN2O9S/c1-3-34-18-9-13(8-16(24)21(18)35-12-20(28)33-2)10-19-22(29)25(23(30)36-19)11-17(27)14-4-6-15(7-5-14)26(31)32/h4-10H,3,11-12H2,1-2H3/b19-10-. The Hall–Kier alpha value is -3.71. The van der Waals surface area contributed by atoms with E-state index in [9.17, 15) is 29.3 Å². The Morgan fingerprint density at radius 2 is 1.86 bits per heavy atom. The second kappa shape index (κ2) is 11.8. The van der Waals surface area contributed by atoms with Gasteiger partial charge in [0.15, 0.2) is 23.9 Å². The van der Waals surface area contributed by atoms with Crippen LogP contribution in [-0.4, -0.2) is 59.6 Å². The summed E-state index contributed by atoms with van der Waals surface area (Å²) in [5.74, 6) is -1.21. The van der Waals surface area contributed by atoms with Crippen molar-refractivity contribution < 1.29 is 38.3 Å². The molecular formula is C23H19BrN2O9S. The van der Waals surface area contributed by atoms with Crippen LogP contribution in [0.5, 0.6) is 11.5 Å². The molecule has 2 aromatic carbocycles. The zero-order valence-corrected chi connectivity index (χ0v) is 21.4. The number of carbonyl (C=O) groups is 4. The van der Waals surface area contributed by atoms with Crippen molar-refractivity contribution >= 4 is 62.4 Å². The van der Waals surface area contributed by atoms with Gasteiger partial charge in [-0.25, -0.2) is 4.79 Å². The lowest BCUT2D eigenvalue weighted by Crippen LogP contribution is -2.33. The largest absolute Gasteiger partial charge is 0.490 e. The van der Waals surface area contributed by atoms with Crippen molar-refractivity contribution in [1.82, 2.24) is 4.90 Å². The number of nitro benzene ring substituents is 1. The fraction of sp³-hybridized carbons (Fsp3) is 0.217. The number of benzene rings is 2. The van der Waals surface area contributed by atoms with E-state index in [2.05, 4.69) is 20.7 Å². The first-order chi connectivity index (χ1) is 17.1. The summed E-state index contributed by atoms with van der Waals surface area (Å²) in [5, 5.41) is 10.2. The first kappa shape index (κ1) is 26.9. The number of esters is 1. The van der Waals surface area contributed by atoms with E-state index >= 15 is 0 Å². The number of non-ortho nitro benzene ring substituents is 1. The number of ether oxygens (including phenoxy) is 3. The molecule has 1 aliphatic rings. The van der Waals surface area contributed by atoms with Crippen LogP contribution in [0.25, 0.3) is 6.08 Å². The first-order valence-electron chi connectivity index (χ1n) is 10.3. The van der Waals surface area contributed by atoms with E-state index in [0.29, 0.717) is 34.2 Å². The molecule has 0 aromatic heterocycles. The normalized spacial score (nSPS) is 14.2. The number of ketones is 1. The quantitative estimate of drug-likeness (QED) is 0.132. The SMILES string of the molecule is CCOc1cc(/C=C2\SC(=O)N(CC(=O)c3ccc([N+](=O)[O-])cc3)C2=O)cc(Br)c1OCC(=O)OC. The van der Waals surface area contributed by atoms with Crippen molar-refractivity contribution in [3.63, 3.8) is 0 Å². The summed E-state index contributed by atoms with van der Waals surface area (Å²) in [4.78, 5) is 60.4. The molecule has 188 valence electrons. The minimum atomic E-state index is -0.652.